The van der Waals surface area contributed by atoms with Gasteiger partial charge in [0.2, 0.25) is 0 Å². The van der Waals surface area contributed by atoms with E-state index >= 15 is 0 Å². The van der Waals surface area contributed by atoms with E-state index in [0.717, 1.165) is 22.4 Å². The highest BCUT2D eigenvalue weighted by Crippen LogP contribution is 2.23. The molecule has 28 heavy (non-hydrogen) atoms. The Morgan fingerprint density at radius 1 is 1.18 bits per heavy atom. The second kappa shape index (κ2) is 8.88. The molecule has 8 heteroatoms. The van der Waals surface area contributed by atoms with Crippen molar-refractivity contribution in [3.8, 4) is 0 Å². The predicted molar refractivity (Wildman–Crippen MR) is 106 cm³/mol. The van der Waals surface area contributed by atoms with Crippen LogP contribution < -0.4 is 5.32 Å². The Bertz CT molecular complexity index is 949. The van der Waals surface area contributed by atoms with Crippen LogP contribution in [0, 0.1) is 13.8 Å². The first-order chi connectivity index (χ1) is 13.4. The maximum atomic E-state index is 12.0. The molecule has 1 atom stereocenters. The number of aryl methyl sites for hydroxylation is 2. The van der Waals surface area contributed by atoms with E-state index in [4.69, 9.17) is 9.15 Å². The van der Waals surface area contributed by atoms with Crippen LogP contribution in [-0.2, 0) is 14.3 Å². The summed E-state index contributed by atoms with van der Waals surface area (Å²) in [6.45, 7) is 5.19. The topological polar surface area (TPSA) is 94.3 Å². The number of carbonyl (C=O) groups is 2. The van der Waals surface area contributed by atoms with Crippen molar-refractivity contribution in [1.29, 1.82) is 0 Å². The summed E-state index contributed by atoms with van der Waals surface area (Å²) in [4.78, 5) is 32.4. The minimum atomic E-state index is -0.501. The maximum absolute atomic E-state index is 12.0. The molecule has 1 amide bonds. The van der Waals surface area contributed by atoms with Gasteiger partial charge in [0.05, 0.1) is 11.8 Å². The Balaban J connectivity index is 1.44. The van der Waals surface area contributed by atoms with Crippen LogP contribution >= 0.6 is 11.8 Å². The molecule has 0 fully saturated rings. The first-order valence-electron chi connectivity index (χ1n) is 8.79. The molecule has 1 N–H and O–H groups in total. The average Bonchev–Trinajstić information content (AvgIpc) is 3.08. The lowest BCUT2D eigenvalue weighted by atomic mass is 10.2. The number of nitrogens with zero attached hydrogens (tertiary/aromatic N) is 2. The molecular weight excluding hydrogens is 378 g/mol. The average molecular weight is 399 g/mol. The normalized spacial score (nSPS) is 12.0. The summed E-state index contributed by atoms with van der Waals surface area (Å²) < 4.78 is 10.7. The Labute approximate surface area is 166 Å². The highest BCUT2D eigenvalue weighted by molar-refractivity contribution is 7.99. The first-order valence-corrected chi connectivity index (χ1v) is 9.78. The summed E-state index contributed by atoms with van der Waals surface area (Å²) in [7, 11) is 0. The number of ether oxygens (including phenoxy) is 1. The van der Waals surface area contributed by atoms with E-state index in [-0.39, 0.29) is 18.4 Å². The number of carbonyl (C=O) groups excluding carboxylic acids is 2. The van der Waals surface area contributed by atoms with E-state index < -0.39 is 11.9 Å². The number of hydrogen-bond donors (Lipinski definition) is 1. The molecule has 146 valence electrons. The molecule has 0 radical (unpaired) electrons. The van der Waals surface area contributed by atoms with Gasteiger partial charge in [0.25, 0.3) is 5.91 Å². The van der Waals surface area contributed by atoms with Gasteiger partial charge in [-0.3, -0.25) is 9.59 Å². The SMILES string of the molecule is Cc1cc(C)nc(SCC(=O)OCC(=O)N[C@@H](C)c2cc3ccccc3o2)n1. The van der Waals surface area contributed by atoms with Crippen LogP contribution in [0.1, 0.15) is 30.1 Å². The van der Waals surface area contributed by atoms with E-state index in [1.807, 2.05) is 57.2 Å². The number of rotatable bonds is 7. The second-order valence-electron chi connectivity index (χ2n) is 6.36. The van der Waals surface area contributed by atoms with Crippen LogP contribution in [0.15, 0.2) is 46.0 Å². The fourth-order valence-electron chi connectivity index (χ4n) is 2.64. The number of furan rings is 1. The minimum absolute atomic E-state index is 0.0370. The summed E-state index contributed by atoms with van der Waals surface area (Å²) in [6.07, 6.45) is 0. The zero-order valence-electron chi connectivity index (χ0n) is 15.9. The molecule has 0 aliphatic rings. The van der Waals surface area contributed by atoms with Crippen molar-refractivity contribution in [3.63, 3.8) is 0 Å². The molecule has 7 nitrogen and oxygen atoms in total. The molecule has 2 heterocycles. The molecule has 1 aromatic carbocycles. The van der Waals surface area contributed by atoms with Gasteiger partial charge in [-0.05, 0) is 39.0 Å². The second-order valence-corrected chi connectivity index (χ2v) is 7.30. The summed E-state index contributed by atoms with van der Waals surface area (Å²) in [5.74, 6) is -0.216. The predicted octanol–water partition coefficient (Wildman–Crippen LogP) is 3.35. The summed E-state index contributed by atoms with van der Waals surface area (Å²) in [5, 5.41) is 4.24. The summed E-state index contributed by atoms with van der Waals surface area (Å²) in [6, 6.07) is 11.0. The Hall–Kier alpha value is -2.87. The lowest BCUT2D eigenvalue weighted by Crippen LogP contribution is -2.31. The number of para-hydroxylation sites is 1. The molecule has 0 saturated carbocycles. The Morgan fingerprint density at radius 2 is 1.89 bits per heavy atom. The zero-order chi connectivity index (χ0) is 20.1. The summed E-state index contributed by atoms with van der Waals surface area (Å²) in [5.41, 5.74) is 2.43. The van der Waals surface area contributed by atoms with Gasteiger partial charge in [0, 0.05) is 16.8 Å². The molecule has 2 aromatic heterocycles. The fourth-order valence-corrected chi connectivity index (χ4v) is 3.39. The fraction of sp³-hybridized carbons (Fsp3) is 0.300. The van der Waals surface area contributed by atoms with Crippen molar-refractivity contribution in [3.05, 3.63) is 53.5 Å². The molecule has 0 aliphatic heterocycles. The van der Waals surface area contributed by atoms with Gasteiger partial charge < -0.3 is 14.5 Å². The third-order valence-corrected chi connectivity index (χ3v) is 4.71. The molecular formula is C20H21N3O4S. The zero-order valence-corrected chi connectivity index (χ0v) is 16.7. The van der Waals surface area contributed by atoms with E-state index in [0.29, 0.717) is 10.9 Å². The van der Waals surface area contributed by atoms with Gasteiger partial charge in [-0.1, -0.05) is 30.0 Å². The minimum Gasteiger partial charge on any atom is -0.459 e. The monoisotopic (exact) mass is 399 g/mol. The van der Waals surface area contributed by atoms with Crippen molar-refractivity contribution in [2.45, 2.75) is 32.0 Å². The van der Waals surface area contributed by atoms with Crippen molar-refractivity contribution in [1.82, 2.24) is 15.3 Å². The van der Waals surface area contributed by atoms with Crippen LogP contribution in [0.3, 0.4) is 0 Å². The van der Waals surface area contributed by atoms with Crippen LogP contribution in [-0.4, -0.2) is 34.2 Å². The Morgan fingerprint density at radius 3 is 2.61 bits per heavy atom. The van der Waals surface area contributed by atoms with Gasteiger partial charge in [0.1, 0.15) is 11.3 Å². The van der Waals surface area contributed by atoms with E-state index in [9.17, 15) is 9.59 Å². The summed E-state index contributed by atoms with van der Waals surface area (Å²) >= 11 is 1.18. The van der Waals surface area contributed by atoms with Crippen molar-refractivity contribution in [2.75, 3.05) is 12.4 Å². The molecule has 0 spiro atoms. The third-order valence-electron chi connectivity index (χ3n) is 3.89. The quantitative estimate of drug-likeness (QED) is 0.370. The van der Waals surface area contributed by atoms with E-state index in [2.05, 4.69) is 15.3 Å². The number of thioether (sulfide) groups is 1. The number of amides is 1. The largest absolute Gasteiger partial charge is 0.459 e. The van der Waals surface area contributed by atoms with Crippen molar-refractivity contribution in [2.24, 2.45) is 0 Å². The lowest BCUT2D eigenvalue weighted by molar-refractivity contribution is -0.146. The smallest absolute Gasteiger partial charge is 0.316 e. The number of aromatic nitrogens is 2. The molecule has 0 saturated heterocycles. The molecule has 3 rings (SSSR count). The van der Waals surface area contributed by atoms with E-state index in [1.165, 1.54) is 11.8 Å². The molecule has 0 aliphatic carbocycles. The molecule has 0 unspecified atom stereocenters. The molecule has 0 bridgehead atoms. The van der Waals surface area contributed by atoms with Crippen LogP contribution in [0.2, 0.25) is 0 Å². The van der Waals surface area contributed by atoms with Gasteiger partial charge in [-0.2, -0.15) is 0 Å². The standard InChI is InChI=1S/C20H21N3O4S/c1-12-8-13(2)22-20(21-12)28-11-19(25)26-10-18(24)23-14(3)17-9-15-6-4-5-7-16(15)27-17/h4-9,14H,10-11H2,1-3H3,(H,23,24)/t14-/m0/s1. The first kappa shape index (κ1) is 19.9. The van der Waals surface area contributed by atoms with Gasteiger partial charge in [0.15, 0.2) is 11.8 Å². The van der Waals surface area contributed by atoms with Crippen LogP contribution in [0.25, 0.3) is 11.0 Å². The number of hydrogen-bond acceptors (Lipinski definition) is 7. The maximum Gasteiger partial charge on any atom is 0.316 e. The highest BCUT2D eigenvalue weighted by atomic mass is 32.2. The van der Waals surface area contributed by atoms with Gasteiger partial charge in [-0.15, -0.1) is 0 Å². The highest BCUT2D eigenvalue weighted by Gasteiger charge is 2.16. The van der Waals surface area contributed by atoms with Gasteiger partial charge >= 0.3 is 5.97 Å². The molecule has 3 aromatic rings. The van der Waals surface area contributed by atoms with Crippen LogP contribution in [0.4, 0.5) is 0 Å². The number of benzene rings is 1. The Kier molecular flexibility index (Phi) is 6.30. The van der Waals surface area contributed by atoms with Gasteiger partial charge in [-0.25, -0.2) is 9.97 Å². The van der Waals surface area contributed by atoms with Crippen molar-refractivity contribution >= 4 is 34.6 Å². The van der Waals surface area contributed by atoms with Crippen molar-refractivity contribution < 1.29 is 18.7 Å². The number of nitrogens with one attached hydrogen (secondary N) is 1. The third kappa shape index (κ3) is 5.32. The lowest BCUT2D eigenvalue weighted by Gasteiger charge is -2.11. The van der Waals surface area contributed by atoms with Crippen LogP contribution in [0.5, 0.6) is 0 Å². The number of fused-ring (bicyclic) bond motifs is 1. The number of esters is 1. The van der Waals surface area contributed by atoms with E-state index in [1.54, 1.807) is 0 Å².